The van der Waals surface area contributed by atoms with Crippen molar-refractivity contribution in [2.75, 3.05) is 6.54 Å². The van der Waals surface area contributed by atoms with E-state index in [1.54, 1.807) is 0 Å². The fraction of sp³-hybridized carbons (Fsp3) is 1.00. The fourth-order valence-electron chi connectivity index (χ4n) is 3.66. The van der Waals surface area contributed by atoms with Crippen LogP contribution < -0.4 is 0 Å². The van der Waals surface area contributed by atoms with Gasteiger partial charge in [0.05, 0.1) is 6.10 Å². The molecule has 2 fully saturated rings. The van der Waals surface area contributed by atoms with Crippen LogP contribution in [0.5, 0.6) is 0 Å². The van der Waals surface area contributed by atoms with Gasteiger partial charge in [-0.15, -0.1) is 0 Å². The van der Waals surface area contributed by atoms with Crippen LogP contribution >= 0.6 is 0 Å². The molecular weight excluding hydrogens is 210 g/mol. The number of rotatable bonds is 1. The van der Waals surface area contributed by atoms with Crippen LogP contribution in [0.4, 0.5) is 0 Å². The summed E-state index contributed by atoms with van der Waals surface area (Å²) in [6.45, 7) is 8.25. The van der Waals surface area contributed by atoms with Gasteiger partial charge in [-0.1, -0.05) is 26.7 Å². The second kappa shape index (κ2) is 5.27. The Kier molecular flexibility index (Phi) is 4.14. The molecule has 1 aliphatic heterocycles. The highest BCUT2D eigenvalue weighted by Gasteiger charge is 2.38. The lowest BCUT2D eigenvalue weighted by molar-refractivity contribution is -0.0305. The van der Waals surface area contributed by atoms with Gasteiger partial charge in [-0.3, -0.25) is 4.90 Å². The van der Waals surface area contributed by atoms with Crippen molar-refractivity contribution in [3.05, 3.63) is 0 Å². The van der Waals surface area contributed by atoms with Gasteiger partial charge in [0, 0.05) is 12.1 Å². The molecule has 0 radical (unpaired) electrons. The highest BCUT2D eigenvalue weighted by molar-refractivity contribution is 4.92. The predicted molar refractivity (Wildman–Crippen MR) is 72.1 cm³/mol. The summed E-state index contributed by atoms with van der Waals surface area (Å²) in [6.07, 6.45) is 8.59. The Bertz CT molecular complexity index is 251. The largest absolute Gasteiger partial charge is 0.391 e. The van der Waals surface area contributed by atoms with E-state index in [1.807, 2.05) is 0 Å². The standard InChI is InChI=1S/C15H29NO/c1-12-7-5-4-6-10-16(12)13-11-15(2,3)9-8-14(13)17/h12-14,17H,4-11H2,1-3H3. The summed E-state index contributed by atoms with van der Waals surface area (Å²) in [4.78, 5) is 2.61. The first-order valence-electron chi connectivity index (χ1n) is 7.43. The average molecular weight is 239 g/mol. The molecule has 100 valence electrons. The summed E-state index contributed by atoms with van der Waals surface area (Å²) in [6, 6.07) is 1.07. The van der Waals surface area contributed by atoms with Crippen LogP contribution in [0, 0.1) is 5.41 Å². The van der Waals surface area contributed by atoms with E-state index in [1.165, 1.54) is 45.1 Å². The number of aliphatic hydroxyl groups is 1. The van der Waals surface area contributed by atoms with Crippen LogP contribution in [-0.2, 0) is 0 Å². The Morgan fingerprint density at radius 3 is 2.65 bits per heavy atom. The van der Waals surface area contributed by atoms with Gasteiger partial charge in [0.15, 0.2) is 0 Å². The monoisotopic (exact) mass is 239 g/mol. The molecule has 0 aromatic rings. The van der Waals surface area contributed by atoms with Crippen LogP contribution in [0.15, 0.2) is 0 Å². The minimum Gasteiger partial charge on any atom is -0.391 e. The number of aliphatic hydroxyl groups excluding tert-OH is 1. The van der Waals surface area contributed by atoms with Gasteiger partial charge in [-0.25, -0.2) is 0 Å². The van der Waals surface area contributed by atoms with Crippen LogP contribution in [0.1, 0.15) is 65.7 Å². The molecular formula is C15H29NO. The summed E-state index contributed by atoms with van der Waals surface area (Å²) in [7, 11) is 0. The maximum atomic E-state index is 10.3. The van der Waals surface area contributed by atoms with Crippen molar-refractivity contribution >= 4 is 0 Å². The molecule has 1 saturated heterocycles. The number of nitrogens with zero attached hydrogens (tertiary/aromatic N) is 1. The fourth-order valence-corrected chi connectivity index (χ4v) is 3.66. The zero-order chi connectivity index (χ0) is 12.5. The van der Waals surface area contributed by atoms with Gasteiger partial charge in [-0.2, -0.15) is 0 Å². The van der Waals surface area contributed by atoms with Crippen LogP contribution in [0.2, 0.25) is 0 Å². The molecule has 1 heterocycles. The van der Waals surface area contributed by atoms with E-state index >= 15 is 0 Å². The molecule has 0 spiro atoms. The third kappa shape index (κ3) is 3.23. The third-order valence-corrected chi connectivity index (χ3v) is 4.85. The minimum atomic E-state index is -0.0939. The van der Waals surface area contributed by atoms with E-state index < -0.39 is 0 Å². The second-order valence-electron chi connectivity index (χ2n) is 6.98. The van der Waals surface area contributed by atoms with Gasteiger partial charge in [0.2, 0.25) is 0 Å². The molecule has 3 unspecified atom stereocenters. The van der Waals surface area contributed by atoms with E-state index in [0.29, 0.717) is 17.5 Å². The molecule has 17 heavy (non-hydrogen) atoms. The smallest absolute Gasteiger partial charge is 0.0695 e. The molecule has 0 aromatic heterocycles. The van der Waals surface area contributed by atoms with Crippen molar-refractivity contribution < 1.29 is 5.11 Å². The predicted octanol–water partition coefficient (Wildman–Crippen LogP) is 3.19. The normalized spacial score (nSPS) is 39.9. The maximum Gasteiger partial charge on any atom is 0.0695 e. The molecule has 0 bridgehead atoms. The van der Waals surface area contributed by atoms with Gasteiger partial charge >= 0.3 is 0 Å². The number of likely N-dealkylation sites (tertiary alicyclic amines) is 1. The van der Waals surface area contributed by atoms with E-state index in [-0.39, 0.29) is 6.10 Å². The lowest BCUT2D eigenvalue weighted by Gasteiger charge is -2.46. The van der Waals surface area contributed by atoms with Crippen molar-refractivity contribution in [3.63, 3.8) is 0 Å². The second-order valence-corrected chi connectivity index (χ2v) is 6.98. The average Bonchev–Trinajstić information content (AvgIpc) is 2.47. The molecule has 2 nitrogen and oxygen atoms in total. The zero-order valence-corrected chi connectivity index (χ0v) is 11.8. The van der Waals surface area contributed by atoms with Crippen molar-refractivity contribution in [1.29, 1.82) is 0 Å². The van der Waals surface area contributed by atoms with E-state index in [2.05, 4.69) is 25.7 Å². The Hall–Kier alpha value is -0.0800. The quantitative estimate of drug-likeness (QED) is 0.759. The molecule has 0 aromatic carbocycles. The minimum absolute atomic E-state index is 0.0939. The topological polar surface area (TPSA) is 23.5 Å². The highest BCUT2D eigenvalue weighted by atomic mass is 16.3. The molecule has 3 atom stereocenters. The summed E-state index contributed by atoms with van der Waals surface area (Å²) in [5, 5.41) is 10.3. The Morgan fingerprint density at radius 1 is 1.12 bits per heavy atom. The first kappa shape index (κ1) is 13.4. The SMILES string of the molecule is CC1CCCCCN1C1CC(C)(C)CCC1O. The summed E-state index contributed by atoms with van der Waals surface area (Å²) >= 11 is 0. The van der Waals surface area contributed by atoms with Crippen LogP contribution in [0.3, 0.4) is 0 Å². The van der Waals surface area contributed by atoms with Crippen molar-refractivity contribution in [3.8, 4) is 0 Å². The Morgan fingerprint density at radius 2 is 1.88 bits per heavy atom. The van der Waals surface area contributed by atoms with E-state index in [0.717, 1.165) is 6.42 Å². The van der Waals surface area contributed by atoms with Gasteiger partial charge < -0.3 is 5.11 Å². The third-order valence-electron chi connectivity index (χ3n) is 4.85. The van der Waals surface area contributed by atoms with E-state index in [9.17, 15) is 5.11 Å². The summed E-state index contributed by atoms with van der Waals surface area (Å²) < 4.78 is 0. The highest BCUT2D eigenvalue weighted by Crippen LogP contribution is 2.38. The summed E-state index contributed by atoms with van der Waals surface area (Å²) in [5.74, 6) is 0. The number of hydrogen-bond acceptors (Lipinski definition) is 2. The van der Waals surface area contributed by atoms with E-state index in [4.69, 9.17) is 0 Å². The Balaban J connectivity index is 2.07. The lowest BCUT2D eigenvalue weighted by atomic mass is 9.73. The van der Waals surface area contributed by atoms with Gasteiger partial charge in [0.1, 0.15) is 0 Å². The number of hydrogen-bond donors (Lipinski definition) is 1. The van der Waals surface area contributed by atoms with Crippen molar-refractivity contribution in [1.82, 2.24) is 4.90 Å². The molecule has 2 aliphatic rings. The summed E-state index contributed by atoms with van der Waals surface area (Å²) in [5.41, 5.74) is 0.413. The maximum absolute atomic E-state index is 10.3. The zero-order valence-electron chi connectivity index (χ0n) is 11.8. The Labute approximate surface area is 106 Å². The first-order valence-corrected chi connectivity index (χ1v) is 7.43. The molecule has 1 N–H and O–H groups in total. The molecule has 1 aliphatic carbocycles. The first-order chi connectivity index (χ1) is 7.99. The van der Waals surface area contributed by atoms with Crippen LogP contribution in [-0.4, -0.2) is 34.7 Å². The van der Waals surface area contributed by atoms with Crippen molar-refractivity contribution in [2.45, 2.75) is 83.9 Å². The molecule has 1 saturated carbocycles. The van der Waals surface area contributed by atoms with Gasteiger partial charge in [-0.05, 0) is 51.0 Å². The molecule has 0 amide bonds. The lowest BCUT2D eigenvalue weighted by Crippen LogP contribution is -2.52. The van der Waals surface area contributed by atoms with Gasteiger partial charge in [0.25, 0.3) is 0 Å². The molecule has 2 rings (SSSR count). The molecule has 2 heteroatoms. The van der Waals surface area contributed by atoms with Crippen LogP contribution in [0.25, 0.3) is 0 Å². The van der Waals surface area contributed by atoms with Crippen molar-refractivity contribution in [2.24, 2.45) is 5.41 Å².